The molecule has 0 bridgehead atoms. The number of aromatic nitrogens is 1. The van der Waals surface area contributed by atoms with Gasteiger partial charge in [0.2, 0.25) is 0 Å². The third kappa shape index (κ3) is 4.42. The van der Waals surface area contributed by atoms with Crippen LogP contribution in [0, 0.1) is 0 Å². The van der Waals surface area contributed by atoms with Crippen LogP contribution in [0.25, 0.3) is 0 Å². The summed E-state index contributed by atoms with van der Waals surface area (Å²) in [7, 11) is 1.98. The number of piperidine rings is 1. The molecule has 1 aromatic heterocycles. The standard InChI is InChI=1S/C14H25N3O/c1-15-8-5-6-13-12-18-14(16-13)7-11-17-9-3-2-4-10-17/h12,15H,2-11H2,1H3. The van der Waals surface area contributed by atoms with Crippen molar-refractivity contribution in [1.29, 1.82) is 0 Å². The Labute approximate surface area is 110 Å². The first-order valence-corrected chi connectivity index (χ1v) is 7.19. The highest BCUT2D eigenvalue weighted by Crippen LogP contribution is 2.10. The molecule has 0 radical (unpaired) electrons. The van der Waals surface area contributed by atoms with Gasteiger partial charge in [0.25, 0.3) is 0 Å². The molecule has 0 atom stereocenters. The molecule has 4 heteroatoms. The number of oxazole rings is 1. The number of rotatable bonds is 7. The predicted octanol–water partition coefficient (Wildman–Crippen LogP) is 1.85. The number of nitrogens with one attached hydrogen (secondary N) is 1. The summed E-state index contributed by atoms with van der Waals surface area (Å²) in [5.74, 6) is 0.903. The molecule has 1 aliphatic rings. The first-order valence-electron chi connectivity index (χ1n) is 7.19. The Morgan fingerprint density at radius 3 is 2.89 bits per heavy atom. The maximum atomic E-state index is 5.53. The van der Waals surface area contributed by atoms with Crippen LogP contribution in [-0.4, -0.2) is 43.1 Å². The topological polar surface area (TPSA) is 41.3 Å². The average molecular weight is 251 g/mol. The molecule has 0 amide bonds. The molecular weight excluding hydrogens is 226 g/mol. The van der Waals surface area contributed by atoms with Gasteiger partial charge in [-0.1, -0.05) is 6.42 Å². The summed E-state index contributed by atoms with van der Waals surface area (Å²) in [6.07, 6.45) is 8.99. The number of hydrogen-bond acceptors (Lipinski definition) is 4. The lowest BCUT2D eigenvalue weighted by Gasteiger charge is -2.25. The van der Waals surface area contributed by atoms with Crippen molar-refractivity contribution in [3.05, 3.63) is 17.8 Å². The van der Waals surface area contributed by atoms with Gasteiger partial charge < -0.3 is 14.6 Å². The first-order chi connectivity index (χ1) is 8.88. The second kappa shape index (κ2) is 7.54. The summed E-state index contributed by atoms with van der Waals surface area (Å²) >= 11 is 0. The maximum Gasteiger partial charge on any atom is 0.195 e. The Kier molecular flexibility index (Phi) is 5.68. The van der Waals surface area contributed by atoms with E-state index < -0.39 is 0 Å². The lowest BCUT2D eigenvalue weighted by Crippen LogP contribution is -2.31. The second-order valence-corrected chi connectivity index (χ2v) is 5.09. The van der Waals surface area contributed by atoms with Gasteiger partial charge in [0.1, 0.15) is 6.26 Å². The third-order valence-corrected chi connectivity index (χ3v) is 3.55. The van der Waals surface area contributed by atoms with Crippen LogP contribution in [0.5, 0.6) is 0 Å². The summed E-state index contributed by atoms with van der Waals surface area (Å²) in [6.45, 7) is 4.62. The fraction of sp³-hybridized carbons (Fsp3) is 0.786. The average Bonchev–Trinajstić information content (AvgIpc) is 2.86. The summed E-state index contributed by atoms with van der Waals surface area (Å²) in [6, 6.07) is 0. The van der Waals surface area contributed by atoms with E-state index in [4.69, 9.17) is 4.42 Å². The molecule has 0 aromatic carbocycles. The Morgan fingerprint density at radius 2 is 2.11 bits per heavy atom. The molecule has 0 unspecified atom stereocenters. The SMILES string of the molecule is CNCCCc1coc(CCN2CCCCC2)n1. The van der Waals surface area contributed by atoms with Crippen LogP contribution in [0.15, 0.2) is 10.7 Å². The fourth-order valence-corrected chi connectivity index (χ4v) is 2.46. The largest absolute Gasteiger partial charge is 0.449 e. The number of aryl methyl sites for hydroxylation is 1. The van der Waals surface area contributed by atoms with Gasteiger partial charge in [0.15, 0.2) is 5.89 Å². The van der Waals surface area contributed by atoms with Crippen LogP contribution in [0.2, 0.25) is 0 Å². The van der Waals surface area contributed by atoms with E-state index in [9.17, 15) is 0 Å². The van der Waals surface area contributed by atoms with Crippen molar-refractivity contribution in [1.82, 2.24) is 15.2 Å². The molecule has 2 heterocycles. The van der Waals surface area contributed by atoms with Crippen molar-refractivity contribution in [2.75, 3.05) is 33.2 Å². The van der Waals surface area contributed by atoms with E-state index in [0.717, 1.165) is 43.9 Å². The lowest BCUT2D eigenvalue weighted by molar-refractivity contribution is 0.226. The zero-order valence-corrected chi connectivity index (χ0v) is 11.5. The molecule has 1 aromatic rings. The van der Waals surface area contributed by atoms with E-state index >= 15 is 0 Å². The molecule has 0 aliphatic carbocycles. The van der Waals surface area contributed by atoms with Crippen molar-refractivity contribution < 1.29 is 4.42 Å². The van der Waals surface area contributed by atoms with Gasteiger partial charge in [-0.3, -0.25) is 0 Å². The van der Waals surface area contributed by atoms with Gasteiger partial charge >= 0.3 is 0 Å². The van der Waals surface area contributed by atoms with Gasteiger partial charge in [-0.25, -0.2) is 4.98 Å². The van der Waals surface area contributed by atoms with Crippen LogP contribution in [0.4, 0.5) is 0 Å². The molecule has 1 saturated heterocycles. The van der Waals surface area contributed by atoms with Gasteiger partial charge in [-0.05, 0) is 52.4 Å². The Balaban J connectivity index is 1.69. The minimum absolute atomic E-state index is 0.903. The minimum atomic E-state index is 0.903. The van der Waals surface area contributed by atoms with Gasteiger partial charge in [-0.2, -0.15) is 0 Å². The zero-order chi connectivity index (χ0) is 12.6. The molecule has 102 valence electrons. The third-order valence-electron chi connectivity index (χ3n) is 3.55. The summed E-state index contributed by atoms with van der Waals surface area (Å²) in [4.78, 5) is 7.07. The second-order valence-electron chi connectivity index (χ2n) is 5.09. The first kappa shape index (κ1) is 13.6. The van der Waals surface area contributed by atoms with E-state index in [1.54, 1.807) is 0 Å². The maximum absolute atomic E-state index is 5.53. The predicted molar refractivity (Wildman–Crippen MR) is 72.7 cm³/mol. The quantitative estimate of drug-likeness (QED) is 0.751. The summed E-state index contributed by atoms with van der Waals surface area (Å²) in [5, 5.41) is 3.15. The minimum Gasteiger partial charge on any atom is -0.449 e. The highest BCUT2D eigenvalue weighted by molar-refractivity contribution is 4.97. The fourth-order valence-electron chi connectivity index (χ4n) is 2.46. The molecule has 1 aliphatic heterocycles. The van der Waals surface area contributed by atoms with Crippen LogP contribution in [0.3, 0.4) is 0 Å². The van der Waals surface area contributed by atoms with Crippen molar-refractivity contribution in [3.8, 4) is 0 Å². The van der Waals surface area contributed by atoms with E-state index in [1.807, 2.05) is 13.3 Å². The van der Waals surface area contributed by atoms with Crippen molar-refractivity contribution in [2.45, 2.75) is 38.5 Å². The molecular formula is C14H25N3O. The van der Waals surface area contributed by atoms with E-state index in [0.29, 0.717) is 0 Å². The van der Waals surface area contributed by atoms with E-state index in [2.05, 4.69) is 15.2 Å². The molecule has 1 fully saturated rings. The van der Waals surface area contributed by atoms with Crippen molar-refractivity contribution >= 4 is 0 Å². The van der Waals surface area contributed by atoms with Gasteiger partial charge in [-0.15, -0.1) is 0 Å². The molecule has 2 rings (SSSR count). The molecule has 1 N–H and O–H groups in total. The number of hydrogen-bond donors (Lipinski definition) is 1. The van der Waals surface area contributed by atoms with E-state index in [1.165, 1.54) is 32.4 Å². The normalized spacial score (nSPS) is 17.2. The lowest BCUT2D eigenvalue weighted by atomic mass is 10.1. The summed E-state index contributed by atoms with van der Waals surface area (Å²) in [5.41, 5.74) is 1.10. The van der Waals surface area contributed by atoms with Crippen LogP contribution in [0.1, 0.15) is 37.3 Å². The molecule has 4 nitrogen and oxygen atoms in total. The smallest absolute Gasteiger partial charge is 0.195 e. The zero-order valence-electron chi connectivity index (χ0n) is 11.5. The molecule has 18 heavy (non-hydrogen) atoms. The Hall–Kier alpha value is -0.870. The Morgan fingerprint density at radius 1 is 1.28 bits per heavy atom. The molecule has 0 spiro atoms. The van der Waals surface area contributed by atoms with Gasteiger partial charge in [0, 0.05) is 13.0 Å². The monoisotopic (exact) mass is 251 g/mol. The van der Waals surface area contributed by atoms with Crippen LogP contribution >= 0.6 is 0 Å². The Bertz CT molecular complexity index is 332. The number of likely N-dealkylation sites (tertiary alicyclic amines) is 1. The van der Waals surface area contributed by atoms with E-state index in [-0.39, 0.29) is 0 Å². The summed E-state index contributed by atoms with van der Waals surface area (Å²) < 4.78 is 5.53. The van der Waals surface area contributed by atoms with Crippen LogP contribution < -0.4 is 5.32 Å². The molecule has 0 saturated carbocycles. The van der Waals surface area contributed by atoms with Crippen molar-refractivity contribution in [3.63, 3.8) is 0 Å². The van der Waals surface area contributed by atoms with Gasteiger partial charge in [0.05, 0.1) is 5.69 Å². The highest BCUT2D eigenvalue weighted by Gasteiger charge is 2.11. The number of nitrogens with zero attached hydrogens (tertiary/aromatic N) is 2. The highest BCUT2D eigenvalue weighted by atomic mass is 16.3. The van der Waals surface area contributed by atoms with Crippen molar-refractivity contribution in [2.24, 2.45) is 0 Å². The van der Waals surface area contributed by atoms with Crippen LogP contribution in [-0.2, 0) is 12.8 Å².